The minimum atomic E-state index is 0.428. The predicted octanol–water partition coefficient (Wildman–Crippen LogP) is 3.03. The molecular weight excluding hydrogens is 210 g/mol. The minimum Gasteiger partial charge on any atom is -0.307 e. The molecule has 3 rings (SSSR count). The van der Waals surface area contributed by atoms with Crippen LogP contribution in [0.4, 0.5) is 0 Å². The van der Waals surface area contributed by atoms with Crippen molar-refractivity contribution in [3.63, 3.8) is 0 Å². The molecular formula is C14H23N3. The Hall–Kier alpha value is -0.830. The summed E-state index contributed by atoms with van der Waals surface area (Å²) >= 11 is 0. The van der Waals surface area contributed by atoms with Crippen LogP contribution < -0.4 is 5.32 Å². The highest BCUT2D eigenvalue weighted by Gasteiger charge is 2.34. The Morgan fingerprint density at radius 1 is 1.29 bits per heavy atom. The molecule has 17 heavy (non-hydrogen) atoms. The molecule has 0 radical (unpaired) electrons. The molecule has 3 unspecified atom stereocenters. The molecule has 1 aromatic rings. The van der Waals surface area contributed by atoms with E-state index < -0.39 is 0 Å². The number of aromatic amines is 1. The third-order valence-corrected chi connectivity index (χ3v) is 4.51. The smallest absolute Gasteiger partial charge is 0.0534 e. The van der Waals surface area contributed by atoms with Crippen LogP contribution in [0.15, 0.2) is 12.4 Å². The lowest BCUT2D eigenvalue weighted by molar-refractivity contribution is 0.249. The van der Waals surface area contributed by atoms with Gasteiger partial charge in [0.1, 0.15) is 0 Å². The van der Waals surface area contributed by atoms with Gasteiger partial charge in [-0.1, -0.05) is 12.8 Å². The van der Waals surface area contributed by atoms with E-state index in [1.165, 1.54) is 44.1 Å². The second-order valence-corrected chi connectivity index (χ2v) is 5.88. The summed E-state index contributed by atoms with van der Waals surface area (Å²) in [5.41, 5.74) is 1.28. The van der Waals surface area contributed by atoms with E-state index in [1.807, 2.05) is 12.4 Å². The van der Waals surface area contributed by atoms with Crippen LogP contribution in [0.1, 0.15) is 57.1 Å². The number of rotatable bonds is 4. The van der Waals surface area contributed by atoms with Gasteiger partial charge < -0.3 is 5.32 Å². The van der Waals surface area contributed by atoms with Crippen molar-refractivity contribution in [2.45, 2.75) is 57.5 Å². The maximum absolute atomic E-state index is 4.02. The average molecular weight is 233 g/mol. The summed E-state index contributed by atoms with van der Waals surface area (Å²) in [6, 6.07) is 1.15. The molecule has 0 saturated heterocycles. The van der Waals surface area contributed by atoms with E-state index in [0.717, 1.165) is 17.9 Å². The normalized spacial score (nSPS) is 31.4. The minimum absolute atomic E-state index is 0.428. The molecule has 3 nitrogen and oxygen atoms in total. The van der Waals surface area contributed by atoms with E-state index in [9.17, 15) is 0 Å². The number of nitrogens with one attached hydrogen (secondary N) is 2. The molecule has 0 aromatic carbocycles. The van der Waals surface area contributed by atoms with E-state index in [2.05, 4.69) is 22.4 Å². The molecule has 2 aliphatic carbocycles. The first-order chi connectivity index (χ1) is 8.33. The highest BCUT2D eigenvalue weighted by atomic mass is 15.1. The summed E-state index contributed by atoms with van der Waals surface area (Å²) in [7, 11) is 0. The van der Waals surface area contributed by atoms with Crippen molar-refractivity contribution in [2.75, 3.05) is 0 Å². The maximum Gasteiger partial charge on any atom is 0.0534 e. The fourth-order valence-corrected chi connectivity index (χ4v) is 3.32. The van der Waals surface area contributed by atoms with Crippen LogP contribution in [-0.2, 0) is 0 Å². The van der Waals surface area contributed by atoms with Crippen molar-refractivity contribution < 1.29 is 0 Å². The molecule has 0 bridgehead atoms. The Bertz CT molecular complexity index is 342. The molecule has 1 aromatic heterocycles. The van der Waals surface area contributed by atoms with Crippen molar-refractivity contribution in [1.29, 1.82) is 0 Å². The van der Waals surface area contributed by atoms with Gasteiger partial charge in [-0.25, -0.2) is 0 Å². The Morgan fingerprint density at radius 2 is 2.18 bits per heavy atom. The second-order valence-electron chi connectivity index (χ2n) is 5.88. The lowest BCUT2D eigenvalue weighted by atomic mass is 9.82. The third-order valence-electron chi connectivity index (χ3n) is 4.51. The van der Waals surface area contributed by atoms with E-state index in [0.29, 0.717) is 6.04 Å². The Labute approximate surface area is 103 Å². The van der Waals surface area contributed by atoms with Gasteiger partial charge in [0.2, 0.25) is 0 Å². The van der Waals surface area contributed by atoms with Crippen molar-refractivity contribution in [3.05, 3.63) is 18.0 Å². The van der Waals surface area contributed by atoms with Crippen LogP contribution in [0, 0.1) is 11.8 Å². The molecule has 2 N–H and O–H groups in total. The zero-order valence-electron chi connectivity index (χ0n) is 10.7. The van der Waals surface area contributed by atoms with Crippen LogP contribution in [-0.4, -0.2) is 16.2 Å². The monoisotopic (exact) mass is 233 g/mol. The van der Waals surface area contributed by atoms with Crippen molar-refractivity contribution >= 4 is 0 Å². The van der Waals surface area contributed by atoms with Crippen LogP contribution in [0.5, 0.6) is 0 Å². The zero-order valence-corrected chi connectivity index (χ0v) is 10.7. The zero-order chi connectivity index (χ0) is 11.7. The highest BCUT2D eigenvalue weighted by molar-refractivity contribution is 5.08. The maximum atomic E-state index is 4.02. The van der Waals surface area contributed by atoms with Gasteiger partial charge in [0, 0.05) is 23.8 Å². The van der Waals surface area contributed by atoms with E-state index in [1.54, 1.807) is 0 Å². The van der Waals surface area contributed by atoms with Crippen LogP contribution in [0.3, 0.4) is 0 Å². The number of aromatic nitrogens is 2. The summed E-state index contributed by atoms with van der Waals surface area (Å²) < 4.78 is 0. The summed E-state index contributed by atoms with van der Waals surface area (Å²) in [5, 5.41) is 10.7. The van der Waals surface area contributed by atoms with Crippen LogP contribution in [0.25, 0.3) is 0 Å². The number of H-pyrrole nitrogens is 1. The quantitative estimate of drug-likeness (QED) is 0.839. The third kappa shape index (κ3) is 2.71. The van der Waals surface area contributed by atoms with Crippen LogP contribution in [0.2, 0.25) is 0 Å². The molecule has 94 valence electrons. The van der Waals surface area contributed by atoms with Crippen molar-refractivity contribution in [2.24, 2.45) is 11.8 Å². The van der Waals surface area contributed by atoms with Crippen LogP contribution >= 0.6 is 0 Å². The number of hydrogen-bond acceptors (Lipinski definition) is 2. The fourth-order valence-electron chi connectivity index (χ4n) is 3.32. The topological polar surface area (TPSA) is 40.7 Å². The fraction of sp³-hybridized carbons (Fsp3) is 0.786. The molecule has 2 aliphatic rings. The van der Waals surface area contributed by atoms with Crippen molar-refractivity contribution in [3.8, 4) is 0 Å². The van der Waals surface area contributed by atoms with Gasteiger partial charge in [-0.3, -0.25) is 5.10 Å². The van der Waals surface area contributed by atoms with E-state index in [4.69, 9.17) is 0 Å². The highest BCUT2D eigenvalue weighted by Crippen LogP contribution is 2.44. The standard InChI is InChI=1S/C14H23N3/c1-10(13-8-15-16-9-13)17-14-4-2-3-12(7-14)11-5-6-11/h8-12,14,17H,2-7H2,1H3,(H,15,16). The SMILES string of the molecule is CC(NC1CCCC(C2CC2)C1)c1cn[nH]c1. The van der Waals surface area contributed by atoms with Crippen molar-refractivity contribution in [1.82, 2.24) is 15.5 Å². The van der Waals surface area contributed by atoms with Gasteiger partial charge in [-0.15, -0.1) is 0 Å². The Kier molecular flexibility index (Phi) is 3.19. The Morgan fingerprint density at radius 3 is 2.88 bits per heavy atom. The first-order valence-electron chi connectivity index (χ1n) is 7.07. The number of nitrogens with zero attached hydrogens (tertiary/aromatic N) is 1. The van der Waals surface area contributed by atoms with Gasteiger partial charge in [-0.05, 0) is 44.4 Å². The van der Waals surface area contributed by atoms with Gasteiger partial charge in [0.15, 0.2) is 0 Å². The molecule has 2 fully saturated rings. The number of hydrogen-bond donors (Lipinski definition) is 2. The largest absolute Gasteiger partial charge is 0.307 e. The molecule has 3 heteroatoms. The Balaban J connectivity index is 1.53. The van der Waals surface area contributed by atoms with Gasteiger partial charge in [0.25, 0.3) is 0 Å². The first-order valence-corrected chi connectivity index (χ1v) is 7.07. The first kappa shape index (κ1) is 11.3. The second kappa shape index (κ2) is 4.81. The molecule has 1 heterocycles. The van der Waals surface area contributed by atoms with E-state index in [-0.39, 0.29) is 0 Å². The van der Waals surface area contributed by atoms with Gasteiger partial charge in [0.05, 0.1) is 6.20 Å². The van der Waals surface area contributed by atoms with E-state index >= 15 is 0 Å². The van der Waals surface area contributed by atoms with Gasteiger partial charge in [-0.2, -0.15) is 5.10 Å². The lowest BCUT2D eigenvalue weighted by Crippen LogP contribution is -2.36. The lowest BCUT2D eigenvalue weighted by Gasteiger charge is -2.31. The summed E-state index contributed by atoms with van der Waals surface area (Å²) in [5.74, 6) is 2.08. The predicted molar refractivity (Wildman–Crippen MR) is 68.6 cm³/mol. The summed E-state index contributed by atoms with van der Waals surface area (Å²) in [4.78, 5) is 0. The summed E-state index contributed by atoms with van der Waals surface area (Å²) in [6.45, 7) is 2.24. The summed E-state index contributed by atoms with van der Waals surface area (Å²) in [6.07, 6.45) is 12.6. The molecule has 0 amide bonds. The molecule has 0 spiro atoms. The molecule has 2 saturated carbocycles. The van der Waals surface area contributed by atoms with Gasteiger partial charge >= 0.3 is 0 Å². The molecule has 3 atom stereocenters. The average Bonchev–Trinajstić information content (AvgIpc) is 3.04. The molecule has 0 aliphatic heterocycles.